The van der Waals surface area contributed by atoms with Gasteiger partial charge in [-0.05, 0) is 49.5 Å². The van der Waals surface area contributed by atoms with E-state index in [4.69, 9.17) is 17.0 Å². The second kappa shape index (κ2) is 7.58. The van der Waals surface area contributed by atoms with E-state index < -0.39 is 5.60 Å². The van der Waals surface area contributed by atoms with E-state index >= 15 is 0 Å². The van der Waals surface area contributed by atoms with Crippen LogP contribution < -0.4 is 0 Å². The van der Waals surface area contributed by atoms with Crippen LogP contribution in [0.5, 0.6) is 0 Å². The molecule has 0 N–H and O–H groups in total. The third-order valence-electron chi connectivity index (χ3n) is 5.03. The Labute approximate surface area is 161 Å². The van der Waals surface area contributed by atoms with Gasteiger partial charge in [0, 0.05) is 6.42 Å². The SMILES string of the molecule is CC[C@@H](CC(=O)N1C(=S)OC(C)(C)[C@H]1c1ccccc1)c1ccccc1. The van der Waals surface area contributed by atoms with E-state index in [1.165, 1.54) is 5.56 Å². The van der Waals surface area contributed by atoms with Gasteiger partial charge in [-0.2, -0.15) is 0 Å². The molecule has 136 valence electrons. The first-order valence-corrected chi connectivity index (χ1v) is 9.49. The van der Waals surface area contributed by atoms with Gasteiger partial charge in [0.2, 0.25) is 5.91 Å². The van der Waals surface area contributed by atoms with Crippen LogP contribution in [0, 0.1) is 0 Å². The van der Waals surface area contributed by atoms with E-state index in [0.29, 0.717) is 6.42 Å². The molecule has 1 aliphatic heterocycles. The Kier molecular flexibility index (Phi) is 5.42. The van der Waals surface area contributed by atoms with Crippen LogP contribution in [0.25, 0.3) is 0 Å². The zero-order valence-electron chi connectivity index (χ0n) is 15.5. The Bertz CT molecular complexity index is 773. The molecule has 1 heterocycles. The highest BCUT2D eigenvalue weighted by Gasteiger charge is 2.49. The minimum atomic E-state index is -0.553. The zero-order valence-corrected chi connectivity index (χ0v) is 16.3. The molecule has 0 spiro atoms. The maximum absolute atomic E-state index is 13.2. The van der Waals surface area contributed by atoms with Gasteiger partial charge in [-0.3, -0.25) is 9.69 Å². The van der Waals surface area contributed by atoms with E-state index in [1.807, 2.05) is 62.4 Å². The molecule has 0 aromatic heterocycles. The van der Waals surface area contributed by atoms with Crippen molar-refractivity contribution in [2.45, 2.75) is 51.2 Å². The fraction of sp³-hybridized carbons (Fsp3) is 0.364. The highest BCUT2D eigenvalue weighted by molar-refractivity contribution is 7.80. The van der Waals surface area contributed by atoms with Crippen molar-refractivity contribution in [3.05, 3.63) is 71.8 Å². The molecule has 2 aromatic rings. The summed E-state index contributed by atoms with van der Waals surface area (Å²) < 4.78 is 5.91. The first kappa shape index (κ1) is 18.6. The number of hydrogen-bond acceptors (Lipinski definition) is 3. The number of carbonyl (C=O) groups is 1. The van der Waals surface area contributed by atoms with Gasteiger partial charge in [-0.1, -0.05) is 67.6 Å². The predicted molar refractivity (Wildman–Crippen MR) is 108 cm³/mol. The maximum Gasteiger partial charge on any atom is 0.267 e. The van der Waals surface area contributed by atoms with Crippen LogP contribution in [0.3, 0.4) is 0 Å². The lowest BCUT2D eigenvalue weighted by atomic mass is 9.89. The predicted octanol–water partition coefficient (Wildman–Crippen LogP) is 5.23. The topological polar surface area (TPSA) is 29.5 Å². The molecule has 2 aromatic carbocycles. The summed E-state index contributed by atoms with van der Waals surface area (Å²) >= 11 is 5.43. The quantitative estimate of drug-likeness (QED) is 0.677. The van der Waals surface area contributed by atoms with Crippen molar-refractivity contribution in [2.75, 3.05) is 0 Å². The van der Waals surface area contributed by atoms with Crippen molar-refractivity contribution < 1.29 is 9.53 Å². The van der Waals surface area contributed by atoms with Crippen molar-refractivity contribution in [3.8, 4) is 0 Å². The number of nitrogens with zero attached hydrogens (tertiary/aromatic N) is 1. The number of carbonyl (C=O) groups excluding carboxylic acids is 1. The van der Waals surface area contributed by atoms with E-state index in [1.54, 1.807) is 4.90 Å². The first-order chi connectivity index (χ1) is 12.4. The Hall–Kier alpha value is -2.20. The van der Waals surface area contributed by atoms with Gasteiger partial charge < -0.3 is 4.74 Å². The third kappa shape index (κ3) is 3.65. The fourth-order valence-corrected chi connectivity index (χ4v) is 4.13. The minimum absolute atomic E-state index is 0.0186. The minimum Gasteiger partial charge on any atom is -0.462 e. The zero-order chi connectivity index (χ0) is 18.7. The summed E-state index contributed by atoms with van der Waals surface area (Å²) in [6.07, 6.45) is 1.32. The molecule has 0 aliphatic carbocycles. The van der Waals surface area contributed by atoms with Crippen LogP contribution in [0.15, 0.2) is 60.7 Å². The van der Waals surface area contributed by atoms with Crippen LogP contribution in [0.2, 0.25) is 0 Å². The molecule has 1 fully saturated rings. The molecule has 4 heteroatoms. The van der Waals surface area contributed by atoms with Crippen molar-refractivity contribution in [1.29, 1.82) is 0 Å². The molecule has 1 saturated heterocycles. The number of benzene rings is 2. The van der Waals surface area contributed by atoms with Gasteiger partial charge in [-0.15, -0.1) is 0 Å². The smallest absolute Gasteiger partial charge is 0.267 e. The lowest BCUT2D eigenvalue weighted by Crippen LogP contribution is -2.38. The molecule has 1 amide bonds. The summed E-state index contributed by atoms with van der Waals surface area (Å²) in [5.41, 5.74) is 1.67. The second-order valence-corrected chi connectivity index (χ2v) is 7.62. The van der Waals surface area contributed by atoms with Gasteiger partial charge in [0.15, 0.2) is 0 Å². The van der Waals surface area contributed by atoms with Crippen LogP contribution in [0.1, 0.15) is 56.7 Å². The van der Waals surface area contributed by atoms with E-state index in [-0.39, 0.29) is 23.0 Å². The largest absolute Gasteiger partial charge is 0.462 e. The molecule has 3 nitrogen and oxygen atoms in total. The Morgan fingerprint density at radius 1 is 1.12 bits per heavy atom. The standard InChI is InChI=1S/C22H25NO2S/c1-4-16(17-11-7-5-8-12-17)15-19(24)23-20(18-13-9-6-10-14-18)22(2,3)25-21(23)26/h5-14,16,20H,4,15H2,1-3H3/t16-,20+/m0/s1. The number of hydrogen-bond donors (Lipinski definition) is 0. The lowest BCUT2D eigenvalue weighted by molar-refractivity contribution is -0.129. The Balaban J connectivity index is 1.88. The van der Waals surface area contributed by atoms with Crippen LogP contribution in [-0.4, -0.2) is 21.6 Å². The average Bonchev–Trinajstić information content (AvgIpc) is 2.89. The van der Waals surface area contributed by atoms with Crippen molar-refractivity contribution in [1.82, 2.24) is 4.90 Å². The highest BCUT2D eigenvalue weighted by Crippen LogP contribution is 2.42. The molecule has 2 atom stereocenters. The molecule has 26 heavy (non-hydrogen) atoms. The summed E-state index contributed by atoms with van der Waals surface area (Å²) in [5, 5.41) is 0.275. The Morgan fingerprint density at radius 2 is 1.69 bits per heavy atom. The molecule has 0 radical (unpaired) electrons. The first-order valence-electron chi connectivity index (χ1n) is 9.09. The summed E-state index contributed by atoms with van der Waals surface area (Å²) in [6, 6.07) is 20.0. The molecule has 1 aliphatic rings. The van der Waals surface area contributed by atoms with Crippen LogP contribution in [-0.2, 0) is 9.53 Å². The number of thiocarbonyl (C=S) groups is 1. The summed E-state index contributed by atoms with van der Waals surface area (Å²) in [7, 11) is 0. The van der Waals surface area contributed by atoms with E-state index in [9.17, 15) is 4.79 Å². The number of rotatable bonds is 5. The fourth-order valence-electron chi connectivity index (χ4n) is 3.71. The van der Waals surface area contributed by atoms with Gasteiger partial charge in [0.1, 0.15) is 11.6 Å². The maximum atomic E-state index is 13.2. The molecule has 0 bridgehead atoms. The normalized spacial score (nSPS) is 19.9. The van der Waals surface area contributed by atoms with Gasteiger partial charge in [0.05, 0.1) is 0 Å². The monoisotopic (exact) mass is 367 g/mol. The van der Waals surface area contributed by atoms with Crippen molar-refractivity contribution in [2.24, 2.45) is 0 Å². The lowest BCUT2D eigenvalue weighted by Gasteiger charge is -2.29. The number of amides is 1. The molecular weight excluding hydrogens is 342 g/mol. The summed E-state index contributed by atoms with van der Waals surface area (Å²) in [6.45, 7) is 6.08. The molecule has 3 rings (SSSR count). The number of ether oxygens (including phenoxy) is 1. The third-order valence-corrected chi connectivity index (χ3v) is 5.31. The van der Waals surface area contributed by atoms with Crippen LogP contribution in [0.4, 0.5) is 0 Å². The Morgan fingerprint density at radius 3 is 2.27 bits per heavy atom. The van der Waals surface area contributed by atoms with Gasteiger partial charge >= 0.3 is 0 Å². The van der Waals surface area contributed by atoms with Crippen molar-refractivity contribution in [3.63, 3.8) is 0 Å². The average molecular weight is 368 g/mol. The molecule has 0 saturated carbocycles. The van der Waals surface area contributed by atoms with Gasteiger partial charge in [0.25, 0.3) is 5.17 Å². The van der Waals surface area contributed by atoms with E-state index in [2.05, 4.69) is 19.1 Å². The highest BCUT2D eigenvalue weighted by atomic mass is 32.1. The molecule has 0 unspecified atom stereocenters. The van der Waals surface area contributed by atoms with Gasteiger partial charge in [-0.25, -0.2) is 0 Å². The van der Waals surface area contributed by atoms with E-state index in [0.717, 1.165) is 12.0 Å². The molecular formula is C22H25NO2S. The summed E-state index contributed by atoms with van der Waals surface area (Å²) in [4.78, 5) is 14.9. The van der Waals surface area contributed by atoms with Crippen LogP contribution >= 0.6 is 12.2 Å². The summed E-state index contributed by atoms with van der Waals surface area (Å²) in [5.74, 6) is 0.191. The second-order valence-electron chi connectivity index (χ2n) is 7.27. The van der Waals surface area contributed by atoms with Crippen molar-refractivity contribution >= 4 is 23.3 Å².